The Hall–Kier alpha value is -2.20. The van der Waals surface area contributed by atoms with Crippen LogP contribution in [0.3, 0.4) is 0 Å². The number of pyridine rings is 1. The molecule has 1 saturated heterocycles. The summed E-state index contributed by atoms with van der Waals surface area (Å²) in [6.07, 6.45) is 4.68. The SMILES string of the molecule is CNC(=O)C1CCN(Cc2ccc(-c3ccncc3C)cc2)C1. The van der Waals surface area contributed by atoms with Gasteiger partial charge in [0.25, 0.3) is 0 Å². The van der Waals surface area contributed by atoms with Crippen LogP contribution in [0.15, 0.2) is 42.7 Å². The van der Waals surface area contributed by atoms with Crippen LogP contribution >= 0.6 is 0 Å². The van der Waals surface area contributed by atoms with Crippen LogP contribution in [0.5, 0.6) is 0 Å². The predicted octanol–water partition coefficient (Wildman–Crippen LogP) is 2.62. The molecule has 1 atom stereocenters. The van der Waals surface area contributed by atoms with Crippen LogP contribution in [0, 0.1) is 12.8 Å². The Morgan fingerprint density at radius 1 is 1.30 bits per heavy atom. The second kappa shape index (κ2) is 6.92. The Bertz CT molecular complexity index is 681. The molecule has 1 aromatic heterocycles. The van der Waals surface area contributed by atoms with Crippen molar-refractivity contribution >= 4 is 5.91 Å². The number of rotatable bonds is 4. The van der Waals surface area contributed by atoms with Gasteiger partial charge in [-0.25, -0.2) is 0 Å². The topological polar surface area (TPSA) is 45.2 Å². The highest BCUT2D eigenvalue weighted by molar-refractivity contribution is 5.78. The number of benzene rings is 1. The minimum absolute atomic E-state index is 0.138. The van der Waals surface area contributed by atoms with E-state index in [1.54, 1.807) is 7.05 Å². The highest BCUT2D eigenvalue weighted by Gasteiger charge is 2.27. The van der Waals surface area contributed by atoms with Gasteiger partial charge in [-0.05, 0) is 48.2 Å². The average molecular weight is 309 g/mol. The zero-order chi connectivity index (χ0) is 16.2. The third-order valence-corrected chi connectivity index (χ3v) is 4.58. The molecule has 4 heteroatoms. The Kier molecular flexibility index (Phi) is 4.72. The number of amides is 1. The summed E-state index contributed by atoms with van der Waals surface area (Å²) in [6, 6.07) is 10.8. The van der Waals surface area contributed by atoms with Crippen molar-refractivity contribution in [1.82, 2.24) is 15.2 Å². The molecule has 0 radical (unpaired) electrons. The van der Waals surface area contributed by atoms with E-state index in [1.165, 1.54) is 22.3 Å². The molecule has 0 aliphatic carbocycles. The third kappa shape index (κ3) is 3.59. The number of carbonyl (C=O) groups excluding carboxylic acids is 1. The lowest BCUT2D eigenvalue weighted by Crippen LogP contribution is -2.30. The number of likely N-dealkylation sites (tertiary alicyclic amines) is 1. The average Bonchev–Trinajstić information content (AvgIpc) is 3.04. The van der Waals surface area contributed by atoms with E-state index < -0.39 is 0 Å². The molecule has 1 amide bonds. The molecular weight excluding hydrogens is 286 g/mol. The van der Waals surface area contributed by atoms with Crippen molar-refractivity contribution in [3.05, 3.63) is 53.9 Å². The maximum Gasteiger partial charge on any atom is 0.224 e. The summed E-state index contributed by atoms with van der Waals surface area (Å²) in [7, 11) is 1.71. The molecule has 1 unspecified atom stereocenters. The van der Waals surface area contributed by atoms with Crippen LogP contribution in [0.2, 0.25) is 0 Å². The molecule has 3 rings (SSSR count). The van der Waals surface area contributed by atoms with Gasteiger partial charge in [0.05, 0.1) is 5.92 Å². The van der Waals surface area contributed by atoms with Gasteiger partial charge in [0.2, 0.25) is 5.91 Å². The first-order chi connectivity index (χ1) is 11.2. The second-order valence-electron chi connectivity index (χ2n) is 6.22. The first kappa shape index (κ1) is 15.7. The van der Waals surface area contributed by atoms with Gasteiger partial charge in [0.15, 0.2) is 0 Å². The van der Waals surface area contributed by atoms with E-state index in [4.69, 9.17) is 0 Å². The summed E-state index contributed by atoms with van der Waals surface area (Å²) < 4.78 is 0. The van der Waals surface area contributed by atoms with Gasteiger partial charge in [-0.2, -0.15) is 0 Å². The number of nitrogens with zero attached hydrogens (tertiary/aromatic N) is 2. The molecule has 1 aromatic carbocycles. The van der Waals surface area contributed by atoms with Crippen LogP contribution in [0.25, 0.3) is 11.1 Å². The Morgan fingerprint density at radius 3 is 2.78 bits per heavy atom. The quantitative estimate of drug-likeness (QED) is 0.944. The van der Waals surface area contributed by atoms with Crippen molar-refractivity contribution in [2.75, 3.05) is 20.1 Å². The highest BCUT2D eigenvalue weighted by atomic mass is 16.1. The molecule has 2 heterocycles. The number of aromatic nitrogens is 1. The molecule has 1 aliphatic rings. The molecule has 1 fully saturated rings. The van der Waals surface area contributed by atoms with Gasteiger partial charge in [-0.15, -0.1) is 0 Å². The summed E-state index contributed by atoms with van der Waals surface area (Å²) >= 11 is 0. The van der Waals surface area contributed by atoms with E-state index in [1.807, 2.05) is 12.4 Å². The van der Waals surface area contributed by atoms with Crippen LogP contribution < -0.4 is 5.32 Å². The standard InChI is InChI=1S/C19H23N3O/c1-14-11-21-9-7-18(14)16-5-3-15(4-6-16)12-22-10-8-17(13-22)19(23)20-2/h3-7,9,11,17H,8,10,12-13H2,1-2H3,(H,20,23). The van der Waals surface area contributed by atoms with Gasteiger partial charge in [-0.1, -0.05) is 24.3 Å². The van der Waals surface area contributed by atoms with E-state index in [-0.39, 0.29) is 11.8 Å². The third-order valence-electron chi connectivity index (χ3n) is 4.58. The molecular formula is C19H23N3O. The highest BCUT2D eigenvalue weighted by Crippen LogP contribution is 2.24. The van der Waals surface area contributed by atoms with Crippen molar-refractivity contribution in [2.24, 2.45) is 5.92 Å². The predicted molar refractivity (Wildman–Crippen MR) is 91.9 cm³/mol. The van der Waals surface area contributed by atoms with Gasteiger partial charge < -0.3 is 5.32 Å². The Labute approximate surface area is 137 Å². The minimum atomic E-state index is 0.138. The maximum atomic E-state index is 11.7. The number of hydrogen-bond acceptors (Lipinski definition) is 3. The van der Waals surface area contributed by atoms with E-state index in [0.717, 1.165) is 26.1 Å². The molecule has 4 nitrogen and oxygen atoms in total. The summed E-state index contributed by atoms with van der Waals surface area (Å²) in [5.41, 5.74) is 4.93. The zero-order valence-corrected chi connectivity index (χ0v) is 13.7. The molecule has 0 bridgehead atoms. The lowest BCUT2D eigenvalue weighted by molar-refractivity contribution is -0.124. The van der Waals surface area contributed by atoms with E-state index in [0.29, 0.717) is 0 Å². The van der Waals surface area contributed by atoms with Crippen molar-refractivity contribution in [3.8, 4) is 11.1 Å². The van der Waals surface area contributed by atoms with Crippen LogP contribution in [0.4, 0.5) is 0 Å². The molecule has 23 heavy (non-hydrogen) atoms. The second-order valence-corrected chi connectivity index (χ2v) is 6.22. The van der Waals surface area contributed by atoms with Crippen molar-refractivity contribution in [2.45, 2.75) is 19.9 Å². The summed E-state index contributed by atoms with van der Waals surface area (Å²) in [4.78, 5) is 18.2. The van der Waals surface area contributed by atoms with Gasteiger partial charge >= 0.3 is 0 Å². The van der Waals surface area contributed by atoms with E-state index >= 15 is 0 Å². The maximum absolute atomic E-state index is 11.7. The molecule has 1 aliphatic heterocycles. The van der Waals surface area contributed by atoms with Crippen molar-refractivity contribution < 1.29 is 4.79 Å². The Balaban J connectivity index is 1.65. The lowest BCUT2D eigenvalue weighted by atomic mass is 10.0. The molecule has 120 valence electrons. The van der Waals surface area contributed by atoms with Crippen molar-refractivity contribution in [3.63, 3.8) is 0 Å². The van der Waals surface area contributed by atoms with Crippen LogP contribution in [-0.4, -0.2) is 35.9 Å². The fourth-order valence-electron chi connectivity index (χ4n) is 3.24. The fourth-order valence-corrected chi connectivity index (χ4v) is 3.24. The van der Waals surface area contributed by atoms with Gasteiger partial charge in [-0.3, -0.25) is 14.7 Å². The number of hydrogen-bond donors (Lipinski definition) is 1. The fraction of sp³-hybridized carbons (Fsp3) is 0.368. The lowest BCUT2D eigenvalue weighted by Gasteiger charge is -2.16. The van der Waals surface area contributed by atoms with Gasteiger partial charge in [0.1, 0.15) is 0 Å². The molecule has 0 saturated carbocycles. The van der Waals surface area contributed by atoms with Crippen LogP contribution in [0.1, 0.15) is 17.5 Å². The number of aryl methyl sites for hydroxylation is 1. The van der Waals surface area contributed by atoms with E-state index in [2.05, 4.69) is 52.5 Å². The summed E-state index contributed by atoms with van der Waals surface area (Å²) in [5, 5.41) is 2.75. The first-order valence-electron chi connectivity index (χ1n) is 8.11. The number of carbonyl (C=O) groups is 1. The first-order valence-corrected chi connectivity index (χ1v) is 8.11. The Morgan fingerprint density at radius 2 is 2.09 bits per heavy atom. The molecule has 2 aromatic rings. The van der Waals surface area contributed by atoms with E-state index in [9.17, 15) is 4.79 Å². The van der Waals surface area contributed by atoms with Crippen molar-refractivity contribution in [1.29, 1.82) is 0 Å². The summed E-state index contributed by atoms with van der Waals surface area (Å²) in [6.45, 7) is 4.83. The zero-order valence-electron chi connectivity index (χ0n) is 13.7. The summed E-state index contributed by atoms with van der Waals surface area (Å²) in [5.74, 6) is 0.301. The van der Waals surface area contributed by atoms with Gasteiger partial charge in [0, 0.05) is 32.5 Å². The smallest absolute Gasteiger partial charge is 0.224 e. The molecule has 1 N–H and O–H groups in total. The monoisotopic (exact) mass is 309 g/mol. The minimum Gasteiger partial charge on any atom is -0.359 e. The normalized spacial score (nSPS) is 18.1. The largest absolute Gasteiger partial charge is 0.359 e. The number of nitrogens with one attached hydrogen (secondary N) is 1. The molecule has 0 spiro atoms. The van der Waals surface area contributed by atoms with Crippen LogP contribution in [-0.2, 0) is 11.3 Å².